The lowest BCUT2D eigenvalue weighted by atomic mass is 10.1. The van der Waals surface area contributed by atoms with Crippen LogP contribution in [0.1, 0.15) is 30.0 Å². The molecular weight excluding hydrogens is 333 g/mol. The average Bonchev–Trinajstić information content (AvgIpc) is 3.14. The van der Waals surface area contributed by atoms with Crippen LogP contribution in [0.5, 0.6) is 0 Å². The molecule has 1 aliphatic carbocycles. The van der Waals surface area contributed by atoms with E-state index in [2.05, 4.69) is 15.1 Å². The first-order valence-corrected chi connectivity index (χ1v) is 7.82. The molecule has 1 saturated carbocycles. The van der Waals surface area contributed by atoms with Crippen LogP contribution in [0.25, 0.3) is 28.1 Å². The van der Waals surface area contributed by atoms with Gasteiger partial charge in [-0.25, -0.2) is 14.5 Å². The Morgan fingerprint density at radius 3 is 2.72 bits per heavy atom. The van der Waals surface area contributed by atoms with E-state index in [9.17, 15) is 13.2 Å². The summed E-state index contributed by atoms with van der Waals surface area (Å²) >= 11 is 0. The van der Waals surface area contributed by atoms with Crippen molar-refractivity contribution in [2.45, 2.75) is 24.9 Å². The molecule has 126 valence electrons. The van der Waals surface area contributed by atoms with Crippen LogP contribution in [0.2, 0.25) is 0 Å². The van der Waals surface area contributed by atoms with Crippen LogP contribution >= 0.6 is 0 Å². The minimum absolute atomic E-state index is 0.0585. The highest BCUT2D eigenvalue weighted by atomic mass is 19.4. The molecule has 1 fully saturated rings. The van der Waals surface area contributed by atoms with Crippen molar-refractivity contribution in [3.63, 3.8) is 0 Å². The highest BCUT2D eigenvalue weighted by Gasteiger charge is 2.37. The summed E-state index contributed by atoms with van der Waals surface area (Å²) in [6, 6.07) is 6.35. The number of pyridine rings is 1. The number of rotatable bonds is 2. The Morgan fingerprint density at radius 2 is 2.04 bits per heavy atom. The Hall–Kier alpha value is -2.90. The fourth-order valence-electron chi connectivity index (χ4n) is 3.11. The predicted octanol–water partition coefficient (Wildman–Crippen LogP) is 4.43. The number of aromatic nitrogens is 4. The molecule has 4 heterocycles. The van der Waals surface area contributed by atoms with Gasteiger partial charge in [0.1, 0.15) is 11.4 Å². The molecule has 0 bridgehead atoms. The average molecular weight is 344 g/mol. The molecule has 4 aromatic heterocycles. The van der Waals surface area contributed by atoms with Gasteiger partial charge in [0, 0.05) is 6.20 Å². The summed E-state index contributed by atoms with van der Waals surface area (Å²) in [5.74, 6) is 0.665. The molecule has 5 nitrogen and oxygen atoms in total. The van der Waals surface area contributed by atoms with Crippen LogP contribution in [-0.2, 0) is 6.18 Å². The van der Waals surface area contributed by atoms with Gasteiger partial charge in [-0.2, -0.15) is 13.2 Å². The molecule has 0 N–H and O–H groups in total. The van der Waals surface area contributed by atoms with Gasteiger partial charge in [0.2, 0.25) is 0 Å². The summed E-state index contributed by atoms with van der Waals surface area (Å²) in [7, 11) is 0. The van der Waals surface area contributed by atoms with Crippen LogP contribution in [0.3, 0.4) is 0 Å². The summed E-state index contributed by atoms with van der Waals surface area (Å²) in [6.45, 7) is 0. The number of alkyl halides is 3. The van der Waals surface area contributed by atoms with E-state index in [0.717, 1.165) is 18.9 Å². The first-order chi connectivity index (χ1) is 12.0. The third kappa shape index (κ3) is 2.20. The Balaban J connectivity index is 1.87. The van der Waals surface area contributed by atoms with Crippen molar-refractivity contribution in [1.29, 1.82) is 0 Å². The number of fused-ring (bicyclic) bond motifs is 3. The smallest absolute Gasteiger partial charge is 0.433 e. The van der Waals surface area contributed by atoms with Crippen LogP contribution < -0.4 is 0 Å². The molecule has 25 heavy (non-hydrogen) atoms. The Kier molecular flexibility index (Phi) is 2.78. The van der Waals surface area contributed by atoms with Crippen LogP contribution in [0.4, 0.5) is 13.2 Å². The van der Waals surface area contributed by atoms with E-state index >= 15 is 0 Å². The van der Waals surface area contributed by atoms with Gasteiger partial charge in [0.15, 0.2) is 17.1 Å². The van der Waals surface area contributed by atoms with Gasteiger partial charge in [-0.3, -0.25) is 0 Å². The summed E-state index contributed by atoms with van der Waals surface area (Å²) in [5, 5.41) is 4.89. The van der Waals surface area contributed by atoms with E-state index < -0.39 is 11.9 Å². The molecule has 0 atom stereocenters. The number of hydrogen-bond donors (Lipinski definition) is 0. The molecule has 0 amide bonds. The van der Waals surface area contributed by atoms with Crippen molar-refractivity contribution in [1.82, 2.24) is 19.6 Å². The minimum Gasteiger partial charge on any atom is -0.463 e. The SMILES string of the molecule is FC(F)(F)c1cc(C2CC2)c2c(n1)nn1c(-c3ccco3)ccnc21. The normalized spacial score (nSPS) is 15.3. The van der Waals surface area contributed by atoms with Crippen molar-refractivity contribution in [3.8, 4) is 11.5 Å². The molecule has 5 rings (SSSR count). The molecule has 1 aliphatic rings. The quantitative estimate of drug-likeness (QED) is 0.540. The summed E-state index contributed by atoms with van der Waals surface area (Å²) in [6.07, 6.45) is 0.352. The lowest BCUT2D eigenvalue weighted by molar-refractivity contribution is -0.141. The minimum atomic E-state index is -4.51. The molecular formula is C17H11F3N4O. The fraction of sp³-hybridized carbons (Fsp3) is 0.235. The number of furan rings is 1. The topological polar surface area (TPSA) is 56.2 Å². The second-order valence-electron chi connectivity index (χ2n) is 6.11. The van der Waals surface area contributed by atoms with E-state index in [4.69, 9.17) is 4.42 Å². The first kappa shape index (κ1) is 14.4. The molecule has 0 unspecified atom stereocenters. The molecule has 0 saturated heterocycles. The summed E-state index contributed by atoms with van der Waals surface area (Å²) in [5.41, 5.74) is 0.875. The zero-order chi connectivity index (χ0) is 17.2. The molecule has 4 aromatic rings. The number of nitrogens with zero attached hydrogens (tertiary/aromatic N) is 4. The van der Waals surface area contributed by atoms with Crippen LogP contribution in [0.15, 0.2) is 41.1 Å². The second-order valence-corrected chi connectivity index (χ2v) is 6.11. The van der Waals surface area contributed by atoms with Gasteiger partial charge in [-0.05, 0) is 48.6 Å². The van der Waals surface area contributed by atoms with E-state index in [1.807, 2.05) is 0 Å². The van der Waals surface area contributed by atoms with E-state index in [0.29, 0.717) is 28.1 Å². The van der Waals surface area contributed by atoms with Crippen molar-refractivity contribution < 1.29 is 17.6 Å². The van der Waals surface area contributed by atoms with Gasteiger partial charge < -0.3 is 4.42 Å². The fourth-order valence-corrected chi connectivity index (χ4v) is 3.11. The zero-order valence-corrected chi connectivity index (χ0v) is 12.8. The Morgan fingerprint density at radius 1 is 1.20 bits per heavy atom. The number of halogens is 3. The van der Waals surface area contributed by atoms with Crippen LogP contribution in [0, 0.1) is 0 Å². The largest absolute Gasteiger partial charge is 0.463 e. The van der Waals surface area contributed by atoms with Crippen molar-refractivity contribution in [2.24, 2.45) is 0 Å². The van der Waals surface area contributed by atoms with Crippen molar-refractivity contribution in [2.75, 3.05) is 0 Å². The van der Waals surface area contributed by atoms with Crippen molar-refractivity contribution >= 4 is 16.7 Å². The first-order valence-electron chi connectivity index (χ1n) is 7.82. The maximum Gasteiger partial charge on any atom is 0.433 e. The Bertz CT molecular complexity index is 1090. The molecule has 0 radical (unpaired) electrons. The predicted molar refractivity (Wildman–Crippen MR) is 83.0 cm³/mol. The summed E-state index contributed by atoms with van der Waals surface area (Å²) in [4.78, 5) is 8.09. The van der Waals surface area contributed by atoms with Gasteiger partial charge in [0.05, 0.1) is 11.6 Å². The van der Waals surface area contributed by atoms with E-state index in [1.54, 1.807) is 24.4 Å². The zero-order valence-electron chi connectivity index (χ0n) is 12.8. The third-order valence-corrected chi connectivity index (χ3v) is 4.39. The number of hydrogen-bond acceptors (Lipinski definition) is 4. The highest BCUT2D eigenvalue weighted by molar-refractivity contribution is 5.94. The second kappa shape index (κ2) is 4.81. The van der Waals surface area contributed by atoms with E-state index in [-0.39, 0.29) is 11.6 Å². The van der Waals surface area contributed by atoms with Crippen LogP contribution in [-0.4, -0.2) is 19.6 Å². The molecule has 0 aromatic carbocycles. The molecule has 8 heteroatoms. The highest BCUT2D eigenvalue weighted by Crippen LogP contribution is 2.45. The van der Waals surface area contributed by atoms with E-state index in [1.165, 1.54) is 10.8 Å². The van der Waals surface area contributed by atoms with Gasteiger partial charge in [-0.15, -0.1) is 5.10 Å². The maximum absolute atomic E-state index is 13.2. The lowest BCUT2D eigenvalue weighted by Gasteiger charge is -2.08. The third-order valence-electron chi connectivity index (χ3n) is 4.39. The Labute approximate surface area is 139 Å². The lowest BCUT2D eigenvalue weighted by Crippen LogP contribution is -2.09. The van der Waals surface area contributed by atoms with Crippen molar-refractivity contribution in [3.05, 3.63) is 48.0 Å². The maximum atomic E-state index is 13.2. The molecule has 0 aliphatic heterocycles. The monoisotopic (exact) mass is 344 g/mol. The van der Waals surface area contributed by atoms with Gasteiger partial charge in [-0.1, -0.05) is 0 Å². The van der Waals surface area contributed by atoms with Gasteiger partial charge >= 0.3 is 6.18 Å². The standard InChI is InChI=1S/C17H11F3N4O/c18-17(19,20)13-8-10(9-3-4-9)14-15(22-13)23-24-11(5-6-21-16(14)24)12-2-1-7-25-12/h1-2,5-9H,3-4H2. The van der Waals surface area contributed by atoms with Gasteiger partial charge in [0.25, 0.3) is 0 Å². The summed E-state index contributed by atoms with van der Waals surface area (Å²) < 4.78 is 46.5. The molecule has 0 spiro atoms.